The van der Waals surface area contributed by atoms with Gasteiger partial charge in [0.05, 0.1) is 4.92 Å². The third-order valence-electron chi connectivity index (χ3n) is 2.32. The van der Waals surface area contributed by atoms with Crippen LogP contribution < -0.4 is 4.90 Å². The number of carboxylic acids is 1. The van der Waals surface area contributed by atoms with E-state index in [2.05, 4.69) is 0 Å². The van der Waals surface area contributed by atoms with E-state index in [1.54, 1.807) is 32.0 Å². The smallest absolute Gasteiger partial charge is 0.323 e. The number of nitro benzene ring substituents is 1. The van der Waals surface area contributed by atoms with Crippen molar-refractivity contribution in [3.05, 3.63) is 34.4 Å². The van der Waals surface area contributed by atoms with Crippen molar-refractivity contribution >= 4 is 17.3 Å². The van der Waals surface area contributed by atoms with Gasteiger partial charge in [-0.25, -0.2) is 0 Å². The fraction of sp³-hybridized carbons (Fsp3) is 0.364. The van der Waals surface area contributed by atoms with Gasteiger partial charge in [0.15, 0.2) is 0 Å². The molecule has 0 atom stereocenters. The summed E-state index contributed by atoms with van der Waals surface area (Å²) in [4.78, 5) is 22.6. The third-order valence-corrected chi connectivity index (χ3v) is 2.32. The van der Waals surface area contributed by atoms with Gasteiger partial charge in [-0.3, -0.25) is 14.9 Å². The number of nitrogens with zero attached hydrogens (tertiary/aromatic N) is 2. The SMILES string of the molecule is CC(C)N(CC(=O)O)c1ccccc1[N+](=O)[O-]. The predicted octanol–water partition coefficient (Wildman–Crippen LogP) is 1.89. The summed E-state index contributed by atoms with van der Waals surface area (Å²) in [5, 5.41) is 19.7. The fourth-order valence-corrected chi connectivity index (χ4v) is 1.55. The van der Waals surface area contributed by atoms with E-state index < -0.39 is 10.9 Å². The molecule has 0 aliphatic rings. The molecule has 1 N–H and O–H groups in total. The normalized spacial score (nSPS) is 10.3. The number of carbonyl (C=O) groups is 1. The fourth-order valence-electron chi connectivity index (χ4n) is 1.55. The molecule has 0 spiro atoms. The van der Waals surface area contributed by atoms with Gasteiger partial charge in [0.1, 0.15) is 12.2 Å². The summed E-state index contributed by atoms with van der Waals surface area (Å²) in [5.41, 5.74) is 0.248. The van der Waals surface area contributed by atoms with Crippen LogP contribution in [0.2, 0.25) is 0 Å². The molecule has 0 bridgehead atoms. The number of aliphatic carboxylic acids is 1. The Labute approximate surface area is 98.6 Å². The van der Waals surface area contributed by atoms with Crippen LogP contribution in [0.1, 0.15) is 13.8 Å². The zero-order valence-corrected chi connectivity index (χ0v) is 9.66. The number of carboxylic acid groups (broad SMARTS) is 1. The van der Waals surface area contributed by atoms with Crippen molar-refractivity contribution in [2.75, 3.05) is 11.4 Å². The summed E-state index contributed by atoms with van der Waals surface area (Å²) in [5.74, 6) is -1.02. The zero-order chi connectivity index (χ0) is 13.0. The highest BCUT2D eigenvalue weighted by Crippen LogP contribution is 2.28. The molecule has 0 saturated heterocycles. The van der Waals surface area contributed by atoms with Crippen molar-refractivity contribution in [1.29, 1.82) is 0 Å². The van der Waals surface area contributed by atoms with Gasteiger partial charge in [-0.1, -0.05) is 12.1 Å². The first-order valence-electron chi connectivity index (χ1n) is 5.15. The molecule has 0 fully saturated rings. The van der Waals surface area contributed by atoms with Gasteiger partial charge in [0.2, 0.25) is 0 Å². The summed E-state index contributed by atoms with van der Waals surface area (Å²) < 4.78 is 0. The standard InChI is InChI=1S/C11H14N2O4/c1-8(2)12(7-11(14)15)9-5-3-4-6-10(9)13(16)17/h3-6,8H,7H2,1-2H3,(H,14,15). The molecule has 1 rings (SSSR count). The Morgan fingerprint density at radius 1 is 1.47 bits per heavy atom. The Morgan fingerprint density at radius 2 is 2.06 bits per heavy atom. The van der Waals surface area contributed by atoms with Gasteiger partial charge in [-0.05, 0) is 19.9 Å². The van der Waals surface area contributed by atoms with Crippen molar-refractivity contribution < 1.29 is 14.8 Å². The Balaban J connectivity index is 3.18. The highest BCUT2D eigenvalue weighted by Gasteiger charge is 2.22. The second kappa shape index (κ2) is 5.29. The molecule has 0 aliphatic heterocycles. The first-order chi connectivity index (χ1) is 7.93. The maximum atomic E-state index is 10.9. The van der Waals surface area contributed by atoms with Gasteiger partial charge in [0, 0.05) is 12.1 Å². The van der Waals surface area contributed by atoms with E-state index in [4.69, 9.17) is 5.11 Å². The maximum Gasteiger partial charge on any atom is 0.323 e. The quantitative estimate of drug-likeness (QED) is 0.625. The van der Waals surface area contributed by atoms with Crippen LogP contribution in [-0.2, 0) is 4.79 Å². The molecule has 0 saturated carbocycles. The Kier molecular flexibility index (Phi) is 4.03. The van der Waals surface area contributed by atoms with E-state index in [0.717, 1.165) is 0 Å². The third kappa shape index (κ3) is 3.17. The van der Waals surface area contributed by atoms with Crippen LogP contribution in [0.25, 0.3) is 0 Å². The molecular formula is C11H14N2O4. The first kappa shape index (κ1) is 13.0. The van der Waals surface area contributed by atoms with Crippen LogP contribution >= 0.6 is 0 Å². The molecule has 0 radical (unpaired) electrons. The topological polar surface area (TPSA) is 83.7 Å². The maximum absolute atomic E-state index is 10.9. The molecule has 6 heteroatoms. The lowest BCUT2D eigenvalue weighted by Crippen LogP contribution is -2.36. The van der Waals surface area contributed by atoms with Crippen molar-refractivity contribution in [3.63, 3.8) is 0 Å². The van der Waals surface area contributed by atoms with E-state index in [1.807, 2.05) is 0 Å². The van der Waals surface area contributed by atoms with Crippen LogP contribution in [0, 0.1) is 10.1 Å². The number of rotatable bonds is 5. The molecule has 1 aromatic carbocycles. The van der Waals surface area contributed by atoms with E-state index in [9.17, 15) is 14.9 Å². The monoisotopic (exact) mass is 238 g/mol. The number of hydrogen-bond acceptors (Lipinski definition) is 4. The Bertz CT molecular complexity index is 431. The second-order valence-corrected chi connectivity index (χ2v) is 3.86. The minimum Gasteiger partial charge on any atom is -0.480 e. The van der Waals surface area contributed by atoms with Gasteiger partial charge < -0.3 is 10.0 Å². The van der Waals surface area contributed by atoms with E-state index >= 15 is 0 Å². The number of benzene rings is 1. The number of nitro groups is 1. The predicted molar refractivity (Wildman–Crippen MR) is 63.2 cm³/mol. The van der Waals surface area contributed by atoms with Gasteiger partial charge in [-0.15, -0.1) is 0 Å². The lowest BCUT2D eigenvalue weighted by atomic mass is 10.2. The van der Waals surface area contributed by atoms with Crippen LogP contribution in [0.15, 0.2) is 24.3 Å². The Hall–Kier alpha value is -2.11. The molecule has 92 valence electrons. The van der Waals surface area contributed by atoms with Crippen molar-refractivity contribution in [1.82, 2.24) is 0 Å². The lowest BCUT2D eigenvalue weighted by Gasteiger charge is -2.26. The molecule has 17 heavy (non-hydrogen) atoms. The molecule has 0 heterocycles. The number of anilines is 1. The van der Waals surface area contributed by atoms with Crippen LogP contribution in [-0.4, -0.2) is 28.6 Å². The summed E-state index contributed by atoms with van der Waals surface area (Å²) in [6, 6.07) is 6.00. The first-order valence-corrected chi connectivity index (χ1v) is 5.15. The van der Waals surface area contributed by atoms with E-state index in [1.165, 1.54) is 11.0 Å². The molecule has 0 unspecified atom stereocenters. The largest absolute Gasteiger partial charge is 0.480 e. The van der Waals surface area contributed by atoms with Crippen molar-refractivity contribution in [2.45, 2.75) is 19.9 Å². The average Bonchev–Trinajstić information content (AvgIpc) is 2.25. The van der Waals surface area contributed by atoms with Crippen molar-refractivity contribution in [2.24, 2.45) is 0 Å². The molecule has 0 aliphatic carbocycles. The number of para-hydroxylation sites is 2. The van der Waals surface area contributed by atoms with Crippen LogP contribution in [0.5, 0.6) is 0 Å². The van der Waals surface area contributed by atoms with Crippen molar-refractivity contribution in [3.8, 4) is 0 Å². The molecule has 6 nitrogen and oxygen atoms in total. The van der Waals surface area contributed by atoms with Crippen LogP contribution in [0.3, 0.4) is 0 Å². The van der Waals surface area contributed by atoms with Gasteiger partial charge in [-0.2, -0.15) is 0 Å². The highest BCUT2D eigenvalue weighted by molar-refractivity contribution is 5.76. The van der Waals surface area contributed by atoms with E-state index in [0.29, 0.717) is 5.69 Å². The van der Waals surface area contributed by atoms with Gasteiger partial charge >= 0.3 is 5.97 Å². The zero-order valence-electron chi connectivity index (χ0n) is 9.66. The van der Waals surface area contributed by atoms with Gasteiger partial charge in [0.25, 0.3) is 5.69 Å². The summed E-state index contributed by atoms with van der Waals surface area (Å²) >= 11 is 0. The molecule has 1 aromatic rings. The Morgan fingerprint density at radius 3 is 2.53 bits per heavy atom. The van der Waals surface area contributed by atoms with E-state index in [-0.39, 0.29) is 18.3 Å². The minimum absolute atomic E-state index is 0.0811. The minimum atomic E-state index is -1.02. The summed E-state index contributed by atoms with van der Waals surface area (Å²) in [6.07, 6.45) is 0. The average molecular weight is 238 g/mol. The lowest BCUT2D eigenvalue weighted by molar-refractivity contribution is -0.384. The number of hydrogen-bond donors (Lipinski definition) is 1. The molecule has 0 aromatic heterocycles. The summed E-state index contributed by atoms with van der Waals surface area (Å²) in [7, 11) is 0. The highest BCUT2D eigenvalue weighted by atomic mass is 16.6. The second-order valence-electron chi connectivity index (χ2n) is 3.86. The summed E-state index contributed by atoms with van der Waals surface area (Å²) in [6.45, 7) is 3.32. The molecular weight excluding hydrogens is 224 g/mol. The van der Waals surface area contributed by atoms with Crippen LogP contribution in [0.4, 0.5) is 11.4 Å². The molecule has 0 amide bonds.